The van der Waals surface area contributed by atoms with Crippen molar-refractivity contribution in [3.05, 3.63) is 193 Å². The second-order valence-electron chi connectivity index (χ2n) is 34.4. The van der Waals surface area contributed by atoms with E-state index in [4.69, 9.17) is 78.2 Å². The van der Waals surface area contributed by atoms with Gasteiger partial charge in [0.25, 0.3) is 0 Å². The highest BCUT2D eigenvalue weighted by molar-refractivity contribution is 5.93. The molecule has 3 aliphatic carbocycles. The van der Waals surface area contributed by atoms with Gasteiger partial charge in [0.05, 0.1) is 90.2 Å². The van der Waals surface area contributed by atoms with Crippen LogP contribution in [0.25, 0.3) is 65.2 Å². The highest BCUT2D eigenvalue weighted by Gasteiger charge is 2.50. The van der Waals surface area contributed by atoms with Gasteiger partial charge in [0.2, 0.25) is 23.5 Å². The maximum atomic E-state index is 7.34. The summed E-state index contributed by atoms with van der Waals surface area (Å²) in [6, 6.07) is 50.1. The van der Waals surface area contributed by atoms with Crippen molar-refractivity contribution >= 4 is 65.2 Å². The molecular formula is C97H109N11O8. The Balaban J connectivity index is 0.000000155. The molecule has 12 aromatic rings. The number of rotatable bonds is 24. The molecule has 12 aliphatic rings. The molecule has 8 bridgehead atoms. The summed E-state index contributed by atoms with van der Waals surface area (Å²) in [5.41, 5.74) is 8.09. The van der Waals surface area contributed by atoms with E-state index in [0.717, 1.165) is 187 Å². The van der Waals surface area contributed by atoms with Crippen LogP contribution in [0, 0.1) is 59.2 Å². The fraction of sp³-hybridized carbons (Fsp3) is 0.464. The van der Waals surface area contributed by atoms with Crippen LogP contribution in [0.5, 0.6) is 46.5 Å². The van der Waals surface area contributed by atoms with Crippen LogP contribution in [-0.2, 0) is 0 Å². The summed E-state index contributed by atoms with van der Waals surface area (Å²) < 4.78 is 52.1. The average Bonchev–Trinajstić information content (AvgIpc) is 0.765. The Bertz CT molecular complexity index is 4890. The molecule has 12 fully saturated rings. The van der Waals surface area contributed by atoms with Crippen molar-refractivity contribution in [1.82, 2.24) is 55.0 Å². The summed E-state index contributed by atoms with van der Waals surface area (Å²) in [5, 5.41) is 27.5. The number of ether oxygens (including phenoxy) is 8. The molecule has 600 valence electrons. The van der Waals surface area contributed by atoms with Crippen LogP contribution in [0.15, 0.2) is 170 Å². The molecule has 15 heterocycles. The van der Waals surface area contributed by atoms with E-state index in [9.17, 15) is 0 Å². The number of nitrogens with zero attached hydrogens (tertiary/aromatic N) is 11. The van der Waals surface area contributed by atoms with E-state index in [1.54, 1.807) is 28.4 Å². The Morgan fingerprint density at radius 3 is 0.879 bits per heavy atom. The minimum Gasteiger partial charge on any atom is -0.497 e. The normalized spacial score (nSPS) is 27.4. The number of aromatic nitrogens is 8. The van der Waals surface area contributed by atoms with Gasteiger partial charge in [-0.3, -0.25) is 34.6 Å². The maximum absolute atomic E-state index is 7.34. The first-order valence-electron chi connectivity index (χ1n) is 43.2. The zero-order chi connectivity index (χ0) is 78.7. The molecule has 24 rings (SSSR count). The smallest absolute Gasteiger partial charge is 0.242 e. The Labute approximate surface area is 680 Å². The molecule has 9 aliphatic heterocycles. The first-order chi connectivity index (χ1) is 57.1. The Morgan fingerprint density at radius 2 is 0.603 bits per heavy atom. The van der Waals surface area contributed by atoms with Crippen LogP contribution in [0.1, 0.15) is 164 Å². The Morgan fingerprint density at radius 1 is 0.310 bits per heavy atom. The highest BCUT2D eigenvalue weighted by Crippen LogP contribution is 2.56. The number of pyridine rings is 4. The molecule has 3 saturated carbocycles. The molecule has 0 radical (unpaired) electrons. The SMILES string of the molecule is CCC1CN2CCC1CC2C(Oc1nnc(O[C@H](c2ccnc3ccc(OC)cc23)C2C[C@H]3CCN2CC3CC)c2ccccc12)c1ccnc2ccc(OC)cc12.CCC1CN2CCC1CC2[C@@H](Oc1nnc(O[C@@H](c2ccnc3ccc(OC)cc23)[C@H]2C[C@H]3CC[C@@H]2CC3CC)c2ccccc12)c1ccnc2ccc(OC)cc12. The third-order valence-electron chi connectivity index (χ3n) is 29.1. The van der Waals surface area contributed by atoms with E-state index in [1.165, 1.54) is 64.2 Å². The van der Waals surface area contributed by atoms with Crippen molar-refractivity contribution in [3.8, 4) is 46.5 Å². The molecule has 0 spiro atoms. The van der Waals surface area contributed by atoms with E-state index >= 15 is 0 Å². The predicted octanol–water partition coefficient (Wildman–Crippen LogP) is 19.8. The fourth-order valence-electron chi connectivity index (χ4n) is 22.8. The van der Waals surface area contributed by atoms with Crippen LogP contribution in [0.2, 0.25) is 0 Å². The van der Waals surface area contributed by atoms with E-state index in [1.807, 2.05) is 73.3 Å². The van der Waals surface area contributed by atoms with E-state index in [0.29, 0.717) is 70.9 Å². The lowest BCUT2D eigenvalue weighted by Crippen LogP contribution is -2.56. The van der Waals surface area contributed by atoms with Crippen molar-refractivity contribution in [2.45, 2.75) is 160 Å². The lowest BCUT2D eigenvalue weighted by Gasteiger charge is -2.52. The van der Waals surface area contributed by atoms with Crippen LogP contribution in [0.4, 0.5) is 0 Å². The summed E-state index contributed by atoms with van der Waals surface area (Å²) in [5.74, 6) is 11.9. The Kier molecular flexibility index (Phi) is 21.5. The molecule has 13 unspecified atom stereocenters. The average molecular weight is 1560 g/mol. The largest absolute Gasteiger partial charge is 0.497 e. The van der Waals surface area contributed by atoms with Crippen molar-refractivity contribution in [3.63, 3.8) is 0 Å². The molecule has 20 atom stereocenters. The summed E-state index contributed by atoms with van der Waals surface area (Å²) in [6.07, 6.45) is 23.3. The number of piperidine rings is 9. The third kappa shape index (κ3) is 14.3. The van der Waals surface area contributed by atoms with Crippen LogP contribution in [-0.4, -0.2) is 141 Å². The Hall–Kier alpha value is -10.1. The van der Waals surface area contributed by atoms with Gasteiger partial charge in [0.15, 0.2) is 0 Å². The summed E-state index contributed by atoms with van der Waals surface area (Å²) in [4.78, 5) is 27.0. The van der Waals surface area contributed by atoms with Crippen molar-refractivity contribution in [1.29, 1.82) is 0 Å². The van der Waals surface area contributed by atoms with Gasteiger partial charge in [-0.25, -0.2) is 0 Å². The summed E-state index contributed by atoms with van der Waals surface area (Å²) >= 11 is 0. The van der Waals surface area contributed by atoms with E-state index < -0.39 is 0 Å². The van der Waals surface area contributed by atoms with E-state index in [-0.39, 0.29) is 42.5 Å². The van der Waals surface area contributed by atoms with E-state index in [2.05, 4.69) is 139 Å². The van der Waals surface area contributed by atoms with Gasteiger partial charge >= 0.3 is 0 Å². The molecule has 6 aromatic carbocycles. The van der Waals surface area contributed by atoms with Gasteiger partial charge < -0.3 is 37.9 Å². The maximum Gasteiger partial charge on any atom is 0.242 e. The van der Waals surface area contributed by atoms with Crippen molar-refractivity contribution < 1.29 is 37.9 Å². The van der Waals surface area contributed by atoms with Crippen molar-refractivity contribution in [2.75, 3.05) is 67.7 Å². The fourth-order valence-corrected chi connectivity index (χ4v) is 22.8. The quantitative estimate of drug-likeness (QED) is 0.0555. The van der Waals surface area contributed by atoms with Gasteiger partial charge in [0, 0.05) is 94.1 Å². The van der Waals surface area contributed by atoms with Gasteiger partial charge in [-0.05, 0) is 258 Å². The number of methoxy groups -OCH3 is 4. The molecule has 6 aromatic heterocycles. The molecule has 0 amide bonds. The molecule has 9 saturated heterocycles. The zero-order valence-corrected chi connectivity index (χ0v) is 68.3. The lowest BCUT2D eigenvalue weighted by molar-refractivity contribution is -0.0505. The van der Waals surface area contributed by atoms with Crippen molar-refractivity contribution in [2.24, 2.45) is 59.2 Å². The van der Waals surface area contributed by atoms with Gasteiger partial charge in [0.1, 0.15) is 47.4 Å². The second-order valence-corrected chi connectivity index (χ2v) is 34.4. The lowest BCUT2D eigenvalue weighted by atomic mass is 9.57. The zero-order valence-electron chi connectivity index (χ0n) is 68.3. The van der Waals surface area contributed by atoms with Gasteiger partial charge in [-0.15, -0.1) is 20.4 Å². The minimum absolute atomic E-state index is 0.180. The van der Waals surface area contributed by atoms with Gasteiger partial charge in [-0.1, -0.05) is 77.6 Å². The number of hydrogen-bond donors (Lipinski definition) is 0. The van der Waals surface area contributed by atoms with Crippen LogP contribution < -0.4 is 37.9 Å². The third-order valence-corrected chi connectivity index (χ3v) is 29.1. The number of hydrogen-bond acceptors (Lipinski definition) is 19. The molecule has 19 nitrogen and oxygen atoms in total. The van der Waals surface area contributed by atoms with Crippen LogP contribution in [0.3, 0.4) is 0 Å². The first kappa shape index (κ1) is 75.9. The minimum atomic E-state index is -0.300. The van der Waals surface area contributed by atoms with Gasteiger partial charge in [-0.2, -0.15) is 0 Å². The number of benzene rings is 6. The predicted molar refractivity (Wildman–Crippen MR) is 454 cm³/mol. The van der Waals surface area contributed by atoms with Crippen LogP contribution >= 0.6 is 0 Å². The summed E-state index contributed by atoms with van der Waals surface area (Å²) in [7, 11) is 6.86. The molecule has 19 heteroatoms. The standard InChI is InChI=1S/C49H55N5O4.C48H54N6O4/c1-5-29-23-33-12-11-31(29)24-40(33)46(36-17-20-50-43-15-13-34(55-3)26-41(36)43)57-48-38-9-7-8-10-39(38)49(53-52-48)58-47(45-25-32-19-22-54(45)28-30(32)6-2)37-18-21-51-44-16-14-35(56-4)27-42(37)44;1-5-29-27-53-21-17-31(29)23-43(53)45(35-15-19-49-41-13-11-33(55-3)25-39(35)41)57-47-37-9-7-8-10-38(37)48(52-51-47)58-46(44-24-32-18-22-54(44)28-30(32)6-2)36-16-20-50-42-14-12-34(56-4)26-40(36)42/h7-10,13-18,20-21,26-27,29-33,40,45-47H,5-6,11-12,19,22-25,28H2,1-4H3;7-16,19-20,25-26,29-32,43-46H,5-6,17-18,21-24,27-28H2,1-4H3/t29?,30?,31-,32?,33-,40+,45?,46+,47+;29?,30?,31-,32?,43?,44?,45-,46?/m11/s1. The molecule has 0 N–H and O–H groups in total. The second kappa shape index (κ2) is 32.8. The highest BCUT2D eigenvalue weighted by atomic mass is 16.5. The monoisotopic (exact) mass is 1560 g/mol. The summed E-state index contributed by atoms with van der Waals surface area (Å²) in [6.45, 7) is 15.9. The molecular weight excluding hydrogens is 1450 g/mol. The first-order valence-corrected chi connectivity index (χ1v) is 43.2. The topological polar surface area (TPSA) is 187 Å². The number of fused-ring (bicyclic) bond motifs is 18. The molecule has 116 heavy (non-hydrogen) atoms.